The SMILES string of the molecule is CC1=CC(C)(C)N(C(=O)C(Cc2ccccc2)N2C(=O)c3ccccc3C2=O)c2cc(C(c3ccccc3)(c3ccccc3)c3ccccc3)ccc21. The standard InChI is InChI=1S/C48H40N2O3/c1-33-32-47(2,3)50(46(53)43(30-34-18-8-4-9-19-34)49-44(51)40-26-16-17-27-41(40)45(49)52)42-31-38(28-29-39(33)42)48(35-20-10-5-11-21-35,36-22-12-6-13-23-36)37-24-14-7-15-25-37/h4-29,31-32,43H,30H2,1-3H3. The van der Waals surface area contributed by atoms with Crippen molar-refractivity contribution >= 4 is 29.0 Å². The highest BCUT2D eigenvalue weighted by atomic mass is 16.2. The van der Waals surface area contributed by atoms with Crippen molar-refractivity contribution in [2.75, 3.05) is 4.90 Å². The van der Waals surface area contributed by atoms with Gasteiger partial charge >= 0.3 is 0 Å². The third-order valence-corrected chi connectivity index (χ3v) is 10.8. The van der Waals surface area contributed by atoms with E-state index in [9.17, 15) is 9.59 Å². The van der Waals surface area contributed by atoms with Crippen LogP contribution in [0.2, 0.25) is 0 Å². The molecule has 0 N–H and O–H groups in total. The largest absolute Gasteiger partial charge is 0.301 e. The van der Waals surface area contributed by atoms with Crippen LogP contribution in [-0.2, 0) is 16.6 Å². The first-order valence-corrected chi connectivity index (χ1v) is 18.1. The van der Waals surface area contributed by atoms with Gasteiger partial charge in [-0.05, 0) is 72.4 Å². The van der Waals surface area contributed by atoms with Crippen LogP contribution < -0.4 is 4.90 Å². The summed E-state index contributed by atoms with van der Waals surface area (Å²) in [7, 11) is 0. The highest BCUT2D eigenvalue weighted by Crippen LogP contribution is 2.49. The van der Waals surface area contributed by atoms with Crippen molar-refractivity contribution in [1.29, 1.82) is 0 Å². The predicted octanol–water partition coefficient (Wildman–Crippen LogP) is 9.51. The van der Waals surface area contributed by atoms with Crippen LogP contribution in [0.5, 0.6) is 0 Å². The molecule has 0 aliphatic carbocycles. The maximum absolute atomic E-state index is 15.5. The van der Waals surface area contributed by atoms with E-state index < -0.39 is 28.8 Å². The van der Waals surface area contributed by atoms with Crippen LogP contribution in [0.4, 0.5) is 5.69 Å². The van der Waals surface area contributed by atoms with Crippen LogP contribution in [0.15, 0.2) is 170 Å². The average Bonchev–Trinajstić information content (AvgIpc) is 3.44. The highest BCUT2D eigenvalue weighted by molar-refractivity contribution is 6.23. The Labute approximate surface area is 310 Å². The van der Waals surface area contributed by atoms with E-state index in [0.29, 0.717) is 11.1 Å². The third-order valence-electron chi connectivity index (χ3n) is 10.8. The number of anilines is 1. The minimum atomic E-state index is -1.09. The number of hydrogen-bond donors (Lipinski definition) is 0. The Hall–Kier alpha value is -6.33. The van der Waals surface area contributed by atoms with E-state index in [4.69, 9.17) is 0 Å². The van der Waals surface area contributed by atoms with Gasteiger partial charge in [-0.15, -0.1) is 0 Å². The van der Waals surface area contributed by atoms with E-state index in [0.717, 1.165) is 44.6 Å². The highest BCUT2D eigenvalue weighted by Gasteiger charge is 2.48. The summed E-state index contributed by atoms with van der Waals surface area (Å²) in [6.07, 6.45) is 2.28. The van der Waals surface area contributed by atoms with Gasteiger partial charge in [0.1, 0.15) is 6.04 Å². The summed E-state index contributed by atoms with van der Waals surface area (Å²) in [5, 5.41) is 0. The minimum absolute atomic E-state index is 0.178. The fourth-order valence-corrected chi connectivity index (χ4v) is 8.50. The molecule has 1 atom stereocenters. The van der Waals surface area contributed by atoms with Crippen LogP contribution in [0, 0.1) is 0 Å². The number of imide groups is 1. The molecule has 0 fully saturated rings. The van der Waals surface area contributed by atoms with Gasteiger partial charge < -0.3 is 4.90 Å². The molecule has 6 aromatic carbocycles. The number of nitrogens with zero attached hydrogens (tertiary/aromatic N) is 2. The number of carbonyl (C=O) groups is 3. The molecule has 2 aliphatic heterocycles. The van der Waals surface area contributed by atoms with E-state index in [1.165, 1.54) is 4.90 Å². The molecule has 53 heavy (non-hydrogen) atoms. The summed E-state index contributed by atoms with van der Waals surface area (Å²) >= 11 is 0. The second-order valence-corrected chi connectivity index (χ2v) is 14.5. The van der Waals surface area contributed by atoms with E-state index in [1.807, 2.05) is 67.3 Å². The first kappa shape index (κ1) is 33.8. The van der Waals surface area contributed by atoms with E-state index in [2.05, 4.69) is 104 Å². The molecule has 1 unspecified atom stereocenters. The van der Waals surface area contributed by atoms with Gasteiger partial charge in [0.05, 0.1) is 27.8 Å². The minimum Gasteiger partial charge on any atom is -0.301 e. The van der Waals surface area contributed by atoms with Crippen LogP contribution in [0.25, 0.3) is 5.57 Å². The van der Waals surface area contributed by atoms with Crippen LogP contribution in [0.1, 0.15) is 74.9 Å². The zero-order valence-electron chi connectivity index (χ0n) is 30.1. The number of carbonyl (C=O) groups excluding carboxylic acids is 3. The number of amides is 3. The lowest BCUT2D eigenvalue weighted by molar-refractivity contribution is -0.123. The Kier molecular flexibility index (Phi) is 8.50. The number of rotatable bonds is 8. The summed E-state index contributed by atoms with van der Waals surface area (Å²) in [6, 6.07) is 53.2. The summed E-state index contributed by atoms with van der Waals surface area (Å²) in [5.74, 6) is -1.22. The third kappa shape index (κ3) is 5.60. The molecule has 2 heterocycles. The molecular weight excluding hydrogens is 653 g/mol. The fourth-order valence-electron chi connectivity index (χ4n) is 8.50. The molecule has 260 valence electrons. The quantitative estimate of drug-likeness (QED) is 0.118. The van der Waals surface area contributed by atoms with Gasteiger partial charge in [0.15, 0.2) is 0 Å². The summed E-state index contributed by atoms with van der Waals surface area (Å²) in [5.41, 5.74) is 6.92. The van der Waals surface area contributed by atoms with E-state index >= 15 is 4.79 Å². The Morgan fingerprint density at radius 1 is 0.585 bits per heavy atom. The molecule has 2 aliphatic rings. The Bertz CT molecular complexity index is 2230. The molecule has 6 aromatic rings. The van der Waals surface area contributed by atoms with Gasteiger partial charge in [-0.25, -0.2) is 0 Å². The van der Waals surface area contributed by atoms with Crippen molar-refractivity contribution in [1.82, 2.24) is 4.90 Å². The maximum Gasteiger partial charge on any atom is 0.262 e. The zero-order valence-corrected chi connectivity index (χ0v) is 30.1. The number of allylic oxidation sites excluding steroid dienone is 1. The summed E-state index contributed by atoms with van der Waals surface area (Å²) < 4.78 is 0. The number of fused-ring (bicyclic) bond motifs is 2. The molecule has 0 aromatic heterocycles. The Morgan fingerprint density at radius 3 is 1.53 bits per heavy atom. The molecule has 0 saturated heterocycles. The van der Waals surface area contributed by atoms with Crippen LogP contribution in [0.3, 0.4) is 0 Å². The summed E-state index contributed by atoms with van der Waals surface area (Å²) in [6.45, 7) is 6.11. The van der Waals surface area contributed by atoms with Crippen molar-refractivity contribution < 1.29 is 14.4 Å². The van der Waals surface area contributed by atoms with Crippen molar-refractivity contribution in [3.8, 4) is 0 Å². The smallest absolute Gasteiger partial charge is 0.262 e. The average molecular weight is 693 g/mol. The van der Waals surface area contributed by atoms with E-state index in [-0.39, 0.29) is 12.3 Å². The van der Waals surface area contributed by atoms with Crippen molar-refractivity contribution in [3.05, 3.63) is 214 Å². The van der Waals surface area contributed by atoms with Crippen LogP contribution >= 0.6 is 0 Å². The monoisotopic (exact) mass is 692 g/mol. The van der Waals surface area contributed by atoms with Gasteiger partial charge in [0.25, 0.3) is 17.7 Å². The fraction of sp³-hybridized carbons (Fsp3) is 0.146. The molecular formula is C48H40N2O3. The molecule has 5 heteroatoms. The van der Waals surface area contributed by atoms with Gasteiger partial charge in [-0.2, -0.15) is 0 Å². The van der Waals surface area contributed by atoms with Gasteiger partial charge in [0.2, 0.25) is 0 Å². The molecule has 0 radical (unpaired) electrons. The van der Waals surface area contributed by atoms with Gasteiger partial charge in [-0.1, -0.05) is 152 Å². The lowest BCUT2D eigenvalue weighted by atomic mass is 9.64. The number of benzene rings is 6. The van der Waals surface area contributed by atoms with Crippen molar-refractivity contribution in [2.45, 2.75) is 44.2 Å². The second kappa shape index (κ2) is 13.3. The Balaban J connectivity index is 1.35. The number of hydrogen-bond acceptors (Lipinski definition) is 3. The van der Waals surface area contributed by atoms with Crippen LogP contribution in [-0.4, -0.2) is 34.2 Å². The lowest BCUT2D eigenvalue weighted by Gasteiger charge is -2.45. The normalized spacial score (nSPS) is 15.4. The van der Waals surface area contributed by atoms with E-state index in [1.54, 1.807) is 24.3 Å². The Morgan fingerprint density at radius 2 is 1.04 bits per heavy atom. The first-order valence-electron chi connectivity index (χ1n) is 18.1. The second-order valence-electron chi connectivity index (χ2n) is 14.5. The predicted molar refractivity (Wildman–Crippen MR) is 211 cm³/mol. The first-order chi connectivity index (χ1) is 25.7. The van der Waals surface area contributed by atoms with Gasteiger partial charge in [-0.3, -0.25) is 19.3 Å². The molecule has 0 saturated carbocycles. The maximum atomic E-state index is 15.5. The molecule has 0 spiro atoms. The van der Waals surface area contributed by atoms with Crippen molar-refractivity contribution in [3.63, 3.8) is 0 Å². The van der Waals surface area contributed by atoms with Gasteiger partial charge in [0, 0.05) is 12.0 Å². The molecule has 0 bridgehead atoms. The lowest BCUT2D eigenvalue weighted by Crippen LogP contribution is -2.58. The molecule has 8 rings (SSSR count). The summed E-state index contributed by atoms with van der Waals surface area (Å²) in [4.78, 5) is 46.7. The molecule has 3 amide bonds. The zero-order chi connectivity index (χ0) is 36.7. The topological polar surface area (TPSA) is 57.7 Å². The molecule has 5 nitrogen and oxygen atoms in total. The van der Waals surface area contributed by atoms with Crippen molar-refractivity contribution in [2.24, 2.45) is 0 Å².